The van der Waals surface area contributed by atoms with Crippen LogP contribution in [0.5, 0.6) is 0 Å². The number of hydrogen-bond donors (Lipinski definition) is 1. The molecule has 1 aliphatic heterocycles. The fraction of sp³-hybridized carbons (Fsp3) is 0.588. The molecule has 1 saturated heterocycles. The molecule has 3 nitrogen and oxygen atoms in total. The van der Waals surface area contributed by atoms with Crippen LogP contribution in [0.2, 0.25) is 0 Å². The molecule has 0 saturated carbocycles. The second-order valence-corrected chi connectivity index (χ2v) is 5.90. The number of anilines is 1. The van der Waals surface area contributed by atoms with Gasteiger partial charge in [-0.25, -0.2) is 0 Å². The van der Waals surface area contributed by atoms with Crippen molar-refractivity contribution in [2.24, 2.45) is 5.92 Å². The number of piperidine rings is 1. The Morgan fingerprint density at radius 3 is 2.85 bits per heavy atom. The number of benzene rings is 1. The van der Waals surface area contributed by atoms with Crippen LogP contribution in [-0.4, -0.2) is 30.9 Å². The summed E-state index contributed by atoms with van der Waals surface area (Å²) in [5, 5.41) is 2.80. The van der Waals surface area contributed by atoms with Crippen LogP contribution >= 0.6 is 0 Å². The summed E-state index contributed by atoms with van der Waals surface area (Å²) in [5.74, 6) is 0.875. The molecule has 0 spiro atoms. The normalized spacial score (nSPS) is 23.5. The first-order valence-electron chi connectivity index (χ1n) is 7.73. The van der Waals surface area contributed by atoms with Crippen LogP contribution in [0.1, 0.15) is 38.2 Å². The molecule has 0 aliphatic carbocycles. The SMILES string of the molecule is CC[C@@H]1CC[C@@H](CCc2ccccc2NC=O)N(C)C1. The lowest BCUT2D eigenvalue weighted by Gasteiger charge is -2.37. The monoisotopic (exact) mass is 274 g/mol. The fourth-order valence-electron chi connectivity index (χ4n) is 3.26. The number of carbonyl (C=O) groups excluding carboxylic acids is 1. The Hall–Kier alpha value is -1.35. The molecular weight excluding hydrogens is 248 g/mol. The van der Waals surface area contributed by atoms with E-state index in [1.54, 1.807) is 0 Å². The molecule has 1 aliphatic rings. The molecule has 1 heterocycles. The molecule has 1 N–H and O–H groups in total. The predicted molar refractivity (Wildman–Crippen MR) is 83.9 cm³/mol. The zero-order valence-electron chi connectivity index (χ0n) is 12.6. The van der Waals surface area contributed by atoms with E-state index >= 15 is 0 Å². The summed E-state index contributed by atoms with van der Waals surface area (Å²) in [6, 6.07) is 8.78. The number of para-hydroxylation sites is 1. The first-order valence-corrected chi connectivity index (χ1v) is 7.73. The van der Waals surface area contributed by atoms with Crippen molar-refractivity contribution < 1.29 is 4.79 Å². The number of rotatable bonds is 6. The topological polar surface area (TPSA) is 32.3 Å². The molecule has 0 bridgehead atoms. The van der Waals surface area contributed by atoms with Crippen LogP contribution < -0.4 is 5.32 Å². The van der Waals surface area contributed by atoms with E-state index in [0.29, 0.717) is 6.04 Å². The van der Waals surface area contributed by atoms with Gasteiger partial charge < -0.3 is 10.2 Å². The van der Waals surface area contributed by atoms with Crippen LogP contribution in [-0.2, 0) is 11.2 Å². The Labute approximate surface area is 122 Å². The molecular formula is C17H26N2O. The van der Waals surface area contributed by atoms with Gasteiger partial charge >= 0.3 is 0 Å². The van der Waals surface area contributed by atoms with Crippen LogP contribution in [0.3, 0.4) is 0 Å². The third-order valence-corrected chi connectivity index (χ3v) is 4.63. The van der Waals surface area contributed by atoms with Crippen molar-refractivity contribution in [1.82, 2.24) is 4.90 Å². The molecule has 110 valence electrons. The number of amides is 1. The highest BCUT2D eigenvalue weighted by molar-refractivity contribution is 5.73. The standard InChI is InChI=1S/C17H26N2O/c1-3-14-8-10-16(19(2)12-14)11-9-15-6-4-5-7-17(15)18-13-20/h4-7,13-14,16H,3,8-12H2,1-2H3,(H,18,20)/t14-,16+/m1/s1. The lowest BCUT2D eigenvalue weighted by Crippen LogP contribution is -2.40. The first kappa shape index (κ1) is 15.0. The maximum Gasteiger partial charge on any atom is 0.211 e. The van der Waals surface area contributed by atoms with Gasteiger partial charge in [-0.2, -0.15) is 0 Å². The largest absolute Gasteiger partial charge is 0.328 e. The van der Waals surface area contributed by atoms with Crippen molar-refractivity contribution in [3.8, 4) is 0 Å². The lowest BCUT2D eigenvalue weighted by molar-refractivity contribution is -0.105. The van der Waals surface area contributed by atoms with Crippen molar-refractivity contribution in [3.63, 3.8) is 0 Å². The van der Waals surface area contributed by atoms with E-state index in [9.17, 15) is 4.79 Å². The molecule has 3 heteroatoms. The van der Waals surface area contributed by atoms with E-state index in [1.807, 2.05) is 18.2 Å². The number of nitrogens with zero attached hydrogens (tertiary/aromatic N) is 1. The zero-order chi connectivity index (χ0) is 14.4. The summed E-state index contributed by atoms with van der Waals surface area (Å²) in [7, 11) is 2.25. The molecule has 2 atom stereocenters. The van der Waals surface area contributed by atoms with E-state index in [2.05, 4.69) is 30.3 Å². The minimum absolute atomic E-state index is 0.682. The van der Waals surface area contributed by atoms with Crippen LogP contribution in [0.15, 0.2) is 24.3 Å². The quantitative estimate of drug-likeness (QED) is 0.807. The van der Waals surface area contributed by atoms with Crippen molar-refractivity contribution in [2.75, 3.05) is 18.9 Å². The summed E-state index contributed by atoms with van der Waals surface area (Å²) in [4.78, 5) is 13.2. The number of likely N-dealkylation sites (tertiary alicyclic amines) is 1. The molecule has 2 rings (SSSR count). The van der Waals surface area contributed by atoms with Crippen LogP contribution in [0.4, 0.5) is 5.69 Å². The van der Waals surface area contributed by atoms with Gasteiger partial charge in [0.1, 0.15) is 0 Å². The van der Waals surface area contributed by atoms with Crippen molar-refractivity contribution >= 4 is 12.1 Å². The van der Waals surface area contributed by atoms with Gasteiger partial charge in [-0.15, -0.1) is 0 Å². The molecule has 0 radical (unpaired) electrons. The number of aryl methyl sites for hydroxylation is 1. The molecule has 1 aromatic rings. The summed E-state index contributed by atoms with van der Waals surface area (Å²) >= 11 is 0. The Morgan fingerprint density at radius 1 is 1.35 bits per heavy atom. The third-order valence-electron chi connectivity index (χ3n) is 4.63. The molecule has 1 amide bonds. The Balaban J connectivity index is 1.90. The minimum atomic E-state index is 0.682. The van der Waals surface area contributed by atoms with Gasteiger partial charge in [-0.1, -0.05) is 31.5 Å². The zero-order valence-corrected chi connectivity index (χ0v) is 12.6. The molecule has 0 unspecified atom stereocenters. The van der Waals surface area contributed by atoms with Crippen LogP contribution in [0, 0.1) is 5.92 Å². The maximum absolute atomic E-state index is 10.6. The van der Waals surface area contributed by atoms with Gasteiger partial charge in [0, 0.05) is 18.3 Å². The summed E-state index contributed by atoms with van der Waals surface area (Å²) in [6.07, 6.45) is 6.92. The third kappa shape index (κ3) is 3.83. The average molecular weight is 274 g/mol. The van der Waals surface area contributed by atoms with Crippen molar-refractivity contribution in [2.45, 2.75) is 45.1 Å². The average Bonchev–Trinajstić information content (AvgIpc) is 2.47. The first-order chi connectivity index (χ1) is 9.74. The lowest BCUT2D eigenvalue weighted by atomic mass is 9.88. The molecule has 1 fully saturated rings. The van der Waals surface area contributed by atoms with Gasteiger partial charge in [0.05, 0.1) is 0 Å². The van der Waals surface area contributed by atoms with Crippen molar-refractivity contribution in [3.05, 3.63) is 29.8 Å². The smallest absolute Gasteiger partial charge is 0.211 e. The Bertz CT molecular complexity index is 433. The summed E-state index contributed by atoms with van der Waals surface area (Å²) in [6.45, 7) is 3.52. The van der Waals surface area contributed by atoms with E-state index in [-0.39, 0.29) is 0 Å². The summed E-state index contributed by atoms with van der Waals surface area (Å²) in [5.41, 5.74) is 2.19. The number of nitrogens with one attached hydrogen (secondary N) is 1. The molecule has 20 heavy (non-hydrogen) atoms. The van der Waals surface area contributed by atoms with Crippen molar-refractivity contribution in [1.29, 1.82) is 0 Å². The Morgan fingerprint density at radius 2 is 2.15 bits per heavy atom. The highest BCUT2D eigenvalue weighted by Gasteiger charge is 2.24. The maximum atomic E-state index is 10.6. The summed E-state index contributed by atoms with van der Waals surface area (Å²) < 4.78 is 0. The van der Waals surface area contributed by atoms with E-state index < -0.39 is 0 Å². The highest BCUT2D eigenvalue weighted by atomic mass is 16.1. The number of carbonyl (C=O) groups is 1. The van der Waals surface area contributed by atoms with E-state index in [1.165, 1.54) is 37.8 Å². The number of hydrogen-bond acceptors (Lipinski definition) is 2. The Kier molecular flexibility index (Phi) is 5.60. The minimum Gasteiger partial charge on any atom is -0.328 e. The van der Waals surface area contributed by atoms with Crippen LogP contribution in [0.25, 0.3) is 0 Å². The van der Waals surface area contributed by atoms with Gasteiger partial charge in [-0.3, -0.25) is 4.79 Å². The highest BCUT2D eigenvalue weighted by Crippen LogP contribution is 2.26. The predicted octanol–water partition coefficient (Wildman–Crippen LogP) is 3.31. The van der Waals surface area contributed by atoms with Gasteiger partial charge in [0.15, 0.2) is 0 Å². The van der Waals surface area contributed by atoms with Gasteiger partial charge in [-0.05, 0) is 50.3 Å². The van der Waals surface area contributed by atoms with Gasteiger partial charge in [0.2, 0.25) is 6.41 Å². The fourth-order valence-corrected chi connectivity index (χ4v) is 3.26. The van der Waals surface area contributed by atoms with E-state index in [4.69, 9.17) is 0 Å². The molecule has 1 aromatic carbocycles. The molecule has 0 aromatic heterocycles. The second-order valence-electron chi connectivity index (χ2n) is 5.90. The van der Waals surface area contributed by atoms with E-state index in [0.717, 1.165) is 24.4 Å². The van der Waals surface area contributed by atoms with Gasteiger partial charge in [0.25, 0.3) is 0 Å². The second kappa shape index (κ2) is 7.44.